The molecule has 0 aliphatic heterocycles. The average Bonchev–Trinajstić information content (AvgIpc) is 2.99. The molecule has 0 fully saturated rings. The smallest absolute Gasteiger partial charge is 0.303 e. The van der Waals surface area contributed by atoms with Crippen LogP contribution in [0.2, 0.25) is 0 Å². The molecule has 0 atom stereocenters. The van der Waals surface area contributed by atoms with Crippen molar-refractivity contribution in [3.05, 3.63) is 0 Å². The first kappa shape index (κ1) is 40.0. The van der Waals surface area contributed by atoms with E-state index >= 15 is 0 Å². The molecule has 44 heavy (non-hydrogen) atoms. The minimum Gasteiger partial charge on any atom is -0.481 e. The SMILES string of the molecule is O=CCNC(=O)CNC(=O)CNC(=O)CNC(=O)CNC(=O)CCCNC(=O)CCCCCCCCCCCCCC(=O)O. The number of rotatable bonds is 28. The zero-order chi connectivity index (χ0) is 32.8. The topological polar surface area (TPSA) is 229 Å². The number of nitrogens with one attached hydrogen (secondary N) is 6. The van der Waals surface area contributed by atoms with E-state index in [0.29, 0.717) is 25.7 Å². The standard InChI is InChI=1S/C29H50N6O9/c36-18-17-31-25(39)19-33-27(41)21-35-28(42)22-34-26(40)20-32-24(38)14-12-16-30-23(37)13-10-8-6-4-2-1-3-5-7-9-11-15-29(43)44/h18H,1-17,19-22H2,(H,30,37)(H,31,39)(H,32,38)(H,33,41)(H,34,40)(H,35,42)(H,43,44). The molecule has 0 saturated heterocycles. The summed E-state index contributed by atoms with van der Waals surface area (Å²) in [6.07, 6.45) is 13.3. The fourth-order valence-corrected chi connectivity index (χ4v) is 3.93. The molecule has 0 aliphatic carbocycles. The number of hydrogen-bond donors (Lipinski definition) is 7. The molecule has 0 radical (unpaired) electrons. The second-order valence-corrected chi connectivity index (χ2v) is 10.3. The van der Waals surface area contributed by atoms with Crippen molar-refractivity contribution in [1.82, 2.24) is 31.9 Å². The maximum atomic E-state index is 11.9. The summed E-state index contributed by atoms with van der Waals surface area (Å²) in [5, 5.41) is 22.9. The number of hydrogen-bond acceptors (Lipinski definition) is 8. The number of carboxylic acids is 1. The molecule has 15 nitrogen and oxygen atoms in total. The van der Waals surface area contributed by atoms with Crippen molar-refractivity contribution in [2.45, 2.75) is 96.3 Å². The van der Waals surface area contributed by atoms with Gasteiger partial charge in [-0.2, -0.15) is 0 Å². The van der Waals surface area contributed by atoms with Gasteiger partial charge in [-0.1, -0.05) is 57.8 Å². The zero-order valence-corrected chi connectivity index (χ0v) is 25.6. The molecule has 0 aromatic rings. The minimum atomic E-state index is -0.725. The molecule has 0 saturated carbocycles. The number of amides is 6. The molecule has 0 spiro atoms. The lowest BCUT2D eigenvalue weighted by Crippen LogP contribution is -2.45. The third-order valence-corrected chi connectivity index (χ3v) is 6.36. The molecule has 0 rings (SSSR count). The highest BCUT2D eigenvalue weighted by Gasteiger charge is 2.10. The molecular weight excluding hydrogens is 576 g/mol. The third kappa shape index (κ3) is 28.1. The van der Waals surface area contributed by atoms with Crippen molar-refractivity contribution in [1.29, 1.82) is 0 Å². The maximum absolute atomic E-state index is 11.9. The highest BCUT2D eigenvalue weighted by Crippen LogP contribution is 2.12. The van der Waals surface area contributed by atoms with E-state index in [1.165, 1.54) is 19.3 Å². The van der Waals surface area contributed by atoms with Crippen LogP contribution in [0.1, 0.15) is 96.3 Å². The molecule has 15 heteroatoms. The van der Waals surface area contributed by atoms with Gasteiger partial charge in [-0.3, -0.25) is 33.6 Å². The molecular formula is C29H50N6O9. The van der Waals surface area contributed by atoms with Crippen LogP contribution in [0, 0.1) is 0 Å². The first-order valence-electron chi connectivity index (χ1n) is 15.4. The second kappa shape index (κ2) is 27.8. The lowest BCUT2D eigenvalue weighted by molar-refractivity contribution is -0.137. The van der Waals surface area contributed by atoms with E-state index in [9.17, 15) is 38.4 Å². The Morgan fingerprint density at radius 1 is 0.409 bits per heavy atom. The summed E-state index contributed by atoms with van der Waals surface area (Å²) < 4.78 is 0. The Hall–Kier alpha value is -4.04. The summed E-state index contributed by atoms with van der Waals surface area (Å²) in [6.45, 7) is -1.32. The van der Waals surface area contributed by atoms with E-state index in [1.807, 2.05) is 0 Å². The zero-order valence-electron chi connectivity index (χ0n) is 25.6. The number of carboxylic acid groups (broad SMARTS) is 1. The van der Waals surface area contributed by atoms with E-state index in [4.69, 9.17) is 5.11 Å². The van der Waals surface area contributed by atoms with Crippen LogP contribution in [-0.4, -0.2) is 92.1 Å². The number of aliphatic carboxylic acids is 1. The van der Waals surface area contributed by atoms with E-state index in [1.54, 1.807) is 0 Å². The number of carbonyl (C=O) groups is 8. The van der Waals surface area contributed by atoms with Gasteiger partial charge in [0, 0.05) is 25.8 Å². The van der Waals surface area contributed by atoms with Gasteiger partial charge in [-0.15, -0.1) is 0 Å². The number of unbranched alkanes of at least 4 members (excludes halogenated alkanes) is 10. The van der Waals surface area contributed by atoms with Crippen LogP contribution in [0.25, 0.3) is 0 Å². The quantitative estimate of drug-likeness (QED) is 0.0450. The van der Waals surface area contributed by atoms with Crippen LogP contribution in [0.15, 0.2) is 0 Å². The fraction of sp³-hybridized carbons (Fsp3) is 0.724. The fourth-order valence-electron chi connectivity index (χ4n) is 3.93. The highest BCUT2D eigenvalue weighted by molar-refractivity contribution is 5.91. The first-order valence-corrected chi connectivity index (χ1v) is 15.4. The van der Waals surface area contributed by atoms with Crippen molar-refractivity contribution >= 4 is 47.7 Å². The Bertz CT molecular complexity index is 914. The van der Waals surface area contributed by atoms with Crippen LogP contribution in [0.3, 0.4) is 0 Å². The summed E-state index contributed by atoms with van der Waals surface area (Å²) in [6, 6.07) is 0. The van der Waals surface area contributed by atoms with Crippen LogP contribution < -0.4 is 31.9 Å². The van der Waals surface area contributed by atoms with Crippen molar-refractivity contribution in [2.75, 3.05) is 39.3 Å². The van der Waals surface area contributed by atoms with E-state index in [2.05, 4.69) is 31.9 Å². The van der Waals surface area contributed by atoms with Crippen molar-refractivity contribution in [3.8, 4) is 0 Å². The van der Waals surface area contributed by atoms with Crippen molar-refractivity contribution < 1.29 is 43.5 Å². The summed E-state index contributed by atoms with van der Waals surface area (Å²) in [5.74, 6) is -3.58. The van der Waals surface area contributed by atoms with Gasteiger partial charge in [0.2, 0.25) is 35.4 Å². The van der Waals surface area contributed by atoms with Crippen LogP contribution >= 0.6 is 0 Å². The van der Waals surface area contributed by atoms with Gasteiger partial charge in [0.25, 0.3) is 0 Å². The highest BCUT2D eigenvalue weighted by atomic mass is 16.4. The van der Waals surface area contributed by atoms with Gasteiger partial charge >= 0.3 is 5.97 Å². The largest absolute Gasteiger partial charge is 0.481 e. The normalized spacial score (nSPS) is 10.3. The minimum absolute atomic E-state index is 0.0523. The van der Waals surface area contributed by atoms with E-state index < -0.39 is 42.7 Å². The molecule has 7 N–H and O–H groups in total. The molecule has 250 valence electrons. The monoisotopic (exact) mass is 626 g/mol. The average molecular weight is 627 g/mol. The van der Waals surface area contributed by atoms with Gasteiger partial charge in [0.05, 0.1) is 32.7 Å². The van der Waals surface area contributed by atoms with Crippen molar-refractivity contribution in [2.24, 2.45) is 0 Å². The summed E-state index contributed by atoms with van der Waals surface area (Å²) in [4.78, 5) is 90.9. The Morgan fingerprint density at radius 2 is 0.750 bits per heavy atom. The lowest BCUT2D eigenvalue weighted by atomic mass is 10.0. The van der Waals surface area contributed by atoms with Gasteiger partial charge in [-0.05, 0) is 19.3 Å². The third-order valence-electron chi connectivity index (χ3n) is 6.36. The second-order valence-electron chi connectivity index (χ2n) is 10.3. The molecule has 0 aromatic heterocycles. The lowest BCUT2D eigenvalue weighted by Gasteiger charge is -2.09. The predicted molar refractivity (Wildman–Crippen MR) is 161 cm³/mol. The Balaban J connectivity index is 3.62. The van der Waals surface area contributed by atoms with Gasteiger partial charge in [0.1, 0.15) is 6.29 Å². The van der Waals surface area contributed by atoms with E-state index in [-0.39, 0.29) is 44.3 Å². The summed E-state index contributed by atoms with van der Waals surface area (Å²) >= 11 is 0. The Kier molecular flexibility index (Phi) is 25.2. The maximum Gasteiger partial charge on any atom is 0.303 e. The molecule has 0 heterocycles. The number of aldehydes is 1. The van der Waals surface area contributed by atoms with Gasteiger partial charge < -0.3 is 41.8 Å². The van der Waals surface area contributed by atoms with Crippen LogP contribution in [0.4, 0.5) is 0 Å². The van der Waals surface area contributed by atoms with Gasteiger partial charge in [0.15, 0.2) is 0 Å². The molecule has 0 unspecified atom stereocenters. The summed E-state index contributed by atoms with van der Waals surface area (Å²) in [5.41, 5.74) is 0. The Morgan fingerprint density at radius 3 is 1.18 bits per heavy atom. The van der Waals surface area contributed by atoms with Crippen LogP contribution in [0.5, 0.6) is 0 Å². The van der Waals surface area contributed by atoms with Crippen LogP contribution in [-0.2, 0) is 38.4 Å². The number of carbonyl (C=O) groups excluding carboxylic acids is 7. The molecule has 0 aliphatic rings. The predicted octanol–water partition coefficient (Wildman–Crippen LogP) is -0.181. The van der Waals surface area contributed by atoms with Gasteiger partial charge in [-0.25, -0.2) is 0 Å². The molecule has 6 amide bonds. The first-order chi connectivity index (χ1) is 21.1. The molecule has 0 aromatic carbocycles. The summed E-state index contributed by atoms with van der Waals surface area (Å²) in [7, 11) is 0. The van der Waals surface area contributed by atoms with E-state index in [0.717, 1.165) is 51.4 Å². The van der Waals surface area contributed by atoms with Crippen molar-refractivity contribution in [3.63, 3.8) is 0 Å². The molecule has 0 bridgehead atoms. The Labute approximate surface area is 258 Å².